The van der Waals surface area contributed by atoms with Crippen LogP contribution in [-0.2, 0) is 9.59 Å². The number of phenols is 1. The number of phenolic OH excluding ortho intramolecular Hbond substituents is 1. The first-order valence-corrected chi connectivity index (χ1v) is 6.47. The third-order valence-electron chi connectivity index (χ3n) is 3.19. The molecule has 0 radical (unpaired) electrons. The lowest BCUT2D eigenvalue weighted by molar-refractivity contribution is -0.132. The molecular formula is C14H14N2O4S. The van der Waals surface area contributed by atoms with E-state index in [-0.39, 0.29) is 22.2 Å². The van der Waals surface area contributed by atoms with Crippen LogP contribution in [0.2, 0.25) is 0 Å². The number of carbonyl (C=O) groups excluding carboxylic acids is 2. The Bertz CT molecular complexity index is 643. The summed E-state index contributed by atoms with van der Waals surface area (Å²) in [4.78, 5) is 26.8. The van der Waals surface area contributed by atoms with Gasteiger partial charge in [-0.3, -0.25) is 19.4 Å². The highest BCUT2D eigenvalue weighted by Crippen LogP contribution is 2.31. The summed E-state index contributed by atoms with van der Waals surface area (Å²) in [6.45, 7) is 0. The maximum absolute atomic E-state index is 12.2. The van der Waals surface area contributed by atoms with E-state index in [1.165, 1.54) is 37.1 Å². The Morgan fingerprint density at radius 1 is 1.19 bits per heavy atom. The lowest BCUT2D eigenvalue weighted by atomic mass is 10.1. The Kier molecular flexibility index (Phi) is 3.95. The summed E-state index contributed by atoms with van der Waals surface area (Å²) < 4.78 is 5.00. The molecule has 110 valence electrons. The summed E-state index contributed by atoms with van der Waals surface area (Å²) >= 11 is 5.00. The van der Waals surface area contributed by atoms with E-state index in [1.807, 2.05) is 0 Å². The average molecular weight is 306 g/mol. The molecule has 1 aromatic rings. The van der Waals surface area contributed by atoms with Crippen molar-refractivity contribution in [2.45, 2.75) is 0 Å². The second-order valence-electron chi connectivity index (χ2n) is 4.47. The second-order valence-corrected chi connectivity index (χ2v) is 4.83. The number of ether oxygens (including phenoxy) is 1. The summed E-state index contributed by atoms with van der Waals surface area (Å²) in [6, 6.07) is 4.81. The smallest absolute Gasteiger partial charge is 0.265 e. The molecule has 1 aliphatic rings. The van der Waals surface area contributed by atoms with Gasteiger partial charge < -0.3 is 9.84 Å². The van der Waals surface area contributed by atoms with Gasteiger partial charge in [0.2, 0.25) is 0 Å². The Morgan fingerprint density at radius 2 is 1.76 bits per heavy atom. The third kappa shape index (κ3) is 2.47. The molecule has 0 atom stereocenters. The number of hydrogen-bond acceptors (Lipinski definition) is 5. The first kappa shape index (κ1) is 15.0. The Morgan fingerprint density at radius 3 is 2.29 bits per heavy atom. The van der Waals surface area contributed by atoms with Crippen molar-refractivity contribution in [2.75, 3.05) is 21.2 Å². The summed E-state index contributed by atoms with van der Waals surface area (Å²) in [5.41, 5.74) is 0.248. The number of amides is 2. The maximum Gasteiger partial charge on any atom is 0.265 e. The van der Waals surface area contributed by atoms with E-state index in [9.17, 15) is 14.7 Å². The van der Waals surface area contributed by atoms with E-state index >= 15 is 0 Å². The number of benzene rings is 1. The molecule has 0 aromatic heterocycles. The van der Waals surface area contributed by atoms with Crippen LogP contribution in [0.25, 0.3) is 6.08 Å². The minimum atomic E-state index is -0.509. The number of carbonyl (C=O) groups is 2. The van der Waals surface area contributed by atoms with Gasteiger partial charge in [0.25, 0.3) is 11.8 Å². The molecule has 2 amide bonds. The fourth-order valence-electron chi connectivity index (χ4n) is 1.95. The van der Waals surface area contributed by atoms with Crippen LogP contribution in [0.1, 0.15) is 5.56 Å². The molecule has 1 N–H and O–H groups in total. The van der Waals surface area contributed by atoms with Gasteiger partial charge >= 0.3 is 0 Å². The van der Waals surface area contributed by atoms with E-state index < -0.39 is 11.8 Å². The number of nitrogens with zero attached hydrogens (tertiary/aromatic N) is 2. The monoisotopic (exact) mass is 306 g/mol. The van der Waals surface area contributed by atoms with Gasteiger partial charge in [0.05, 0.1) is 7.11 Å². The lowest BCUT2D eigenvalue weighted by Gasteiger charge is -2.31. The maximum atomic E-state index is 12.2. The largest absolute Gasteiger partial charge is 0.504 e. The first-order valence-electron chi connectivity index (χ1n) is 6.06. The van der Waals surface area contributed by atoms with E-state index in [0.29, 0.717) is 5.56 Å². The summed E-state index contributed by atoms with van der Waals surface area (Å²) in [6.07, 6.45) is 1.33. The van der Waals surface area contributed by atoms with Gasteiger partial charge in [0.15, 0.2) is 16.6 Å². The van der Waals surface area contributed by atoms with Crippen molar-refractivity contribution < 1.29 is 19.4 Å². The Hall–Kier alpha value is -2.41. The van der Waals surface area contributed by atoms with E-state index in [0.717, 1.165) is 0 Å². The zero-order chi connectivity index (χ0) is 15.7. The van der Waals surface area contributed by atoms with Gasteiger partial charge in [-0.2, -0.15) is 0 Å². The average Bonchev–Trinajstić information content (AvgIpc) is 2.49. The molecule has 1 saturated heterocycles. The molecular weight excluding hydrogens is 292 g/mol. The van der Waals surface area contributed by atoms with Crippen LogP contribution >= 0.6 is 12.2 Å². The predicted octanol–water partition coefficient (Wildman–Crippen LogP) is 0.999. The van der Waals surface area contributed by atoms with Crippen molar-refractivity contribution in [1.29, 1.82) is 0 Å². The molecule has 0 unspecified atom stereocenters. The van der Waals surface area contributed by atoms with Gasteiger partial charge in [-0.15, -0.1) is 0 Å². The standard InChI is InChI=1S/C14H14N2O4S/c1-15-12(18)9(13(19)16(2)14(15)21)7-8-5-4-6-10(20-3)11(8)17/h4-7,17H,1-3H3. The van der Waals surface area contributed by atoms with Crippen LogP contribution in [0.3, 0.4) is 0 Å². The molecule has 1 heterocycles. The van der Waals surface area contributed by atoms with Crippen molar-refractivity contribution in [3.8, 4) is 11.5 Å². The highest BCUT2D eigenvalue weighted by Gasteiger charge is 2.35. The van der Waals surface area contributed by atoms with Crippen molar-refractivity contribution in [3.63, 3.8) is 0 Å². The van der Waals surface area contributed by atoms with Gasteiger partial charge in [0.1, 0.15) is 5.57 Å². The zero-order valence-corrected chi connectivity index (χ0v) is 12.6. The summed E-state index contributed by atoms with van der Waals surface area (Å²) in [5.74, 6) is -0.889. The van der Waals surface area contributed by atoms with Crippen LogP contribution in [0, 0.1) is 0 Å². The molecule has 1 aliphatic heterocycles. The number of para-hydroxylation sites is 1. The predicted molar refractivity (Wildman–Crippen MR) is 80.8 cm³/mol. The summed E-state index contributed by atoms with van der Waals surface area (Å²) in [7, 11) is 4.41. The van der Waals surface area contributed by atoms with Gasteiger partial charge in [0, 0.05) is 19.7 Å². The van der Waals surface area contributed by atoms with Gasteiger partial charge in [-0.25, -0.2) is 0 Å². The number of rotatable bonds is 2. The van der Waals surface area contributed by atoms with Gasteiger partial charge in [-0.1, -0.05) is 12.1 Å². The molecule has 6 nitrogen and oxygen atoms in total. The van der Waals surface area contributed by atoms with Gasteiger partial charge in [-0.05, 0) is 24.4 Å². The number of hydrogen-bond donors (Lipinski definition) is 1. The molecule has 1 fully saturated rings. The second kappa shape index (κ2) is 5.53. The van der Waals surface area contributed by atoms with Crippen LogP contribution in [0.15, 0.2) is 23.8 Å². The highest BCUT2D eigenvalue weighted by molar-refractivity contribution is 7.80. The van der Waals surface area contributed by atoms with Crippen molar-refractivity contribution in [3.05, 3.63) is 29.3 Å². The SMILES string of the molecule is COc1cccc(C=C2C(=O)N(C)C(=S)N(C)C2=O)c1O. The van der Waals surface area contributed by atoms with E-state index in [4.69, 9.17) is 17.0 Å². The quantitative estimate of drug-likeness (QED) is 0.501. The van der Waals surface area contributed by atoms with E-state index in [1.54, 1.807) is 18.2 Å². The highest BCUT2D eigenvalue weighted by atomic mass is 32.1. The molecule has 0 aliphatic carbocycles. The number of likely N-dealkylation sites (N-methyl/N-ethyl adjacent to an activating group) is 2. The molecule has 21 heavy (non-hydrogen) atoms. The number of methoxy groups -OCH3 is 1. The fraction of sp³-hybridized carbons (Fsp3) is 0.214. The third-order valence-corrected chi connectivity index (χ3v) is 3.74. The number of aromatic hydroxyl groups is 1. The van der Waals surface area contributed by atoms with Crippen LogP contribution in [0.5, 0.6) is 11.5 Å². The lowest BCUT2D eigenvalue weighted by Crippen LogP contribution is -2.52. The molecule has 0 bridgehead atoms. The molecule has 0 spiro atoms. The molecule has 0 saturated carbocycles. The molecule has 1 aromatic carbocycles. The minimum absolute atomic E-state index is 0.0721. The summed E-state index contributed by atoms with van der Waals surface area (Å²) in [5, 5.41) is 10.2. The Labute approximate surface area is 127 Å². The van der Waals surface area contributed by atoms with Crippen LogP contribution in [-0.4, -0.2) is 53.0 Å². The van der Waals surface area contributed by atoms with Crippen LogP contribution in [0.4, 0.5) is 0 Å². The topological polar surface area (TPSA) is 70.1 Å². The van der Waals surface area contributed by atoms with Crippen molar-refractivity contribution in [1.82, 2.24) is 9.80 Å². The molecule has 2 rings (SSSR count). The van der Waals surface area contributed by atoms with Crippen LogP contribution < -0.4 is 4.74 Å². The van der Waals surface area contributed by atoms with E-state index in [2.05, 4.69) is 0 Å². The number of thiocarbonyl (C=S) groups is 1. The van der Waals surface area contributed by atoms with Crippen molar-refractivity contribution in [2.24, 2.45) is 0 Å². The first-order chi connectivity index (χ1) is 9.88. The fourth-order valence-corrected chi connectivity index (χ4v) is 2.12. The minimum Gasteiger partial charge on any atom is -0.504 e. The molecule has 7 heteroatoms. The zero-order valence-electron chi connectivity index (χ0n) is 11.8. The normalized spacial score (nSPS) is 15.6. The Balaban J connectivity index is 2.52. The van der Waals surface area contributed by atoms with Crippen molar-refractivity contribution >= 4 is 35.2 Å².